The number of amides is 1. The molecule has 3 aliphatic rings. The Bertz CT molecular complexity index is 609. The molecule has 2 fully saturated rings. The van der Waals surface area contributed by atoms with E-state index in [1.165, 1.54) is 6.42 Å². The van der Waals surface area contributed by atoms with Crippen molar-refractivity contribution in [3.05, 3.63) is 23.8 Å². The fourth-order valence-corrected chi connectivity index (χ4v) is 4.06. The Kier molecular flexibility index (Phi) is 3.70. The van der Waals surface area contributed by atoms with Gasteiger partial charge in [-0.3, -0.25) is 4.79 Å². The number of carbonyl (C=O) groups is 1. The number of likely N-dealkylation sites (tertiary alicyclic amines) is 1. The summed E-state index contributed by atoms with van der Waals surface area (Å²) in [7, 11) is 0. The highest BCUT2D eigenvalue weighted by Crippen LogP contribution is 2.52. The first-order chi connectivity index (χ1) is 11.2. The second-order valence-electron chi connectivity index (χ2n) is 7.00. The van der Waals surface area contributed by atoms with Crippen molar-refractivity contribution >= 4 is 5.91 Å². The van der Waals surface area contributed by atoms with Crippen molar-refractivity contribution in [2.75, 3.05) is 19.8 Å². The standard InChI is InChI=1S/C19H25NO3/c1-2-15-5-3-4-10-20(15)18(21)19(8-9-19)14-6-7-16-17(13-14)23-12-11-22-16/h6-7,13,15H,2-5,8-12H2,1H3. The molecule has 0 bridgehead atoms. The molecule has 0 N–H and O–H groups in total. The van der Waals surface area contributed by atoms with Crippen LogP contribution in [-0.2, 0) is 10.2 Å². The van der Waals surface area contributed by atoms with Crippen LogP contribution in [-0.4, -0.2) is 36.6 Å². The smallest absolute Gasteiger partial charge is 0.233 e. The molecule has 1 atom stereocenters. The second kappa shape index (κ2) is 5.73. The normalized spacial score (nSPS) is 25.1. The summed E-state index contributed by atoms with van der Waals surface area (Å²) < 4.78 is 11.3. The van der Waals surface area contributed by atoms with E-state index in [1.54, 1.807) is 0 Å². The highest BCUT2D eigenvalue weighted by Gasteiger charge is 2.54. The summed E-state index contributed by atoms with van der Waals surface area (Å²) in [6.45, 7) is 4.30. The van der Waals surface area contributed by atoms with Gasteiger partial charge >= 0.3 is 0 Å². The molecule has 4 nitrogen and oxygen atoms in total. The van der Waals surface area contributed by atoms with Crippen LogP contribution >= 0.6 is 0 Å². The van der Waals surface area contributed by atoms with E-state index in [4.69, 9.17) is 9.47 Å². The zero-order valence-corrected chi connectivity index (χ0v) is 13.8. The third-order valence-electron chi connectivity index (χ3n) is 5.61. The summed E-state index contributed by atoms with van der Waals surface area (Å²) in [5.74, 6) is 1.92. The van der Waals surface area contributed by atoms with E-state index in [0.717, 1.165) is 55.7 Å². The maximum Gasteiger partial charge on any atom is 0.233 e. The van der Waals surface area contributed by atoms with Crippen molar-refractivity contribution in [2.45, 2.75) is 56.9 Å². The van der Waals surface area contributed by atoms with Crippen LogP contribution in [0.2, 0.25) is 0 Å². The summed E-state index contributed by atoms with van der Waals surface area (Å²) >= 11 is 0. The molecule has 4 heteroatoms. The molecule has 2 aliphatic heterocycles. The van der Waals surface area contributed by atoms with Crippen molar-refractivity contribution < 1.29 is 14.3 Å². The largest absolute Gasteiger partial charge is 0.486 e. The van der Waals surface area contributed by atoms with E-state index in [0.29, 0.717) is 25.2 Å². The molecule has 0 aromatic heterocycles. The molecule has 23 heavy (non-hydrogen) atoms. The van der Waals surface area contributed by atoms with E-state index in [9.17, 15) is 4.79 Å². The Morgan fingerprint density at radius 2 is 2.00 bits per heavy atom. The monoisotopic (exact) mass is 315 g/mol. The predicted octanol–water partition coefficient (Wildman–Crippen LogP) is 3.28. The topological polar surface area (TPSA) is 38.8 Å². The average Bonchev–Trinajstić information content (AvgIpc) is 3.42. The van der Waals surface area contributed by atoms with Crippen molar-refractivity contribution in [1.82, 2.24) is 4.90 Å². The molecule has 1 aromatic rings. The number of carbonyl (C=O) groups excluding carboxylic acids is 1. The molecule has 124 valence electrons. The minimum atomic E-state index is -0.305. The SMILES string of the molecule is CCC1CCCCN1C(=O)C1(c2ccc3c(c2)OCCO3)CC1. The van der Waals surface area contributed by atoms with E-state index in [1.807, 2.05) is 12.1 Å². The predicted molar refractivity (Wildman–Crippen MR) is 88.0 cm³/mol. The van der Waals surface area contributed by atoms with Gasteiger partial charge in [0.15, 0.2) is 11.5 Å². The molecular weight excluding hydrogens is 290 g/mol. The van der Waals surface area contributed by atoms with Gasteiger partial charge in [0, 0.05) is 12.6 Å². The fraction of sp³-hybridized carbons (Fsp3) is 0.632. The second-order valence-corrected chi connectivity index (χ2v) is 7.00. The first kappa shape index (κ1) is 14.9. The molecular formula is C19H25NO3. The first-order valence-corrected chi connectivity index (χ1v) is 8.96. The number of hydrogen-bond acceptors (Lipinski definition) is 3. The Labute approximate surface area is 137 Å². The van der Waals surface area contributed by atoms with Gasteiger partial charge in [-0.2, -0.15) is 0 Å². The van der Waals surface area contributed by atoms with Gasteiger partial charge in [0.05, 0.1) is 5.41 Å². The number of benzene rings is 1. The van der Waals surface area contributed by atoms with Crippen LogP contribution in [0.5, 0.6) is 11.5 Å². The van der Waals surface area contributed by atoms with E-state index < -0.39 is 0 Å². The van der Waals surface area contributed by atoms with Crippen LogP contribution in [0, 0.1) is 0 Å². The van der Waals surface area contributed by atoms with Crippen LogP contribution in [0.25, 0.3) is 0 Å². The third-order valence-corrected chi connectivity index (χ3v) is 5.61. The van der Waals surface area contributed by atoms with Crippen LogP contribution in [0.4, 0.5) is 0 Å². The summed E-state index contributed by atoms with van der Waals surface area (Å²) in [4.78, 5) is 15.4. The molecule has 0 radical (unpaired) electrons. The average molecular weight is 315 g/mol. The maximum atomic E-state index is 13.3. The lowest BCUT2D eigenvalue weighted by Gasteiger charge is -2.38. The molecule has 2 heterocycles. The number of rotatable bonds is 3. The van der Waals surface area contributed by atoms with Gasteiger partial charge in [-0.05, 0) is 56.2 Å². The zero-order chi connectivity index (χ0) is 15.9. The van der Waals surface area contributed by atoms with Gasteiger partial charge in [-0.15, -0.1) is 0 Å². The van der Waals surface area contributed by atoms with Crippen molar-refractivity contribution in [3.63, 3.8) is 0 Å². The number of ether oxygens (including phenoxy) is 2. The van der Waals surface area contributed by atoms with Gasteiger partial charge in [0.2, 0.25) is 5.91 Å². The Hall–Kier alpha value is -1.71. The third kappa shape index (κ3) is 2.48. The van der Waals surface area contributed by atoms with E-state index in [-0.39, 0.29) is 5.41 Å². The van der Waals surface area contributed by atoms with Crippen molar-refractivity contribution in [3.8, 4) is 11.5 Å². The summed E-state index contributed by atoms with van der Waals surface area (Å²) in [5, 5.41) is 0. The van der Waals surface area contributed by atoms with Gasteiger partial charge in [-0.1, -0.05) is 13.0 Å². The molecule has 1 unspecified atom stereocenters. The number of piperidine rings is 1. The molecule has 1 aromatic carbocycles. The highest BCUT2D eigenvalue weighted by molar-refractivity contribution is 5.91. The Morgan fingerprint density at radius 3 is 2.74 bits per heavy atom. The van der Waals surface area contributed by atoms with E-state index in [2.05, 4.69) is 17.9 Å². The first-order valence-electron chi connectivity index (χ1n) is 8.96. The highest BCUT2D eigenvalue weighted by atomic mass is 16.6. The molecule has 4 rings (SSSR count). The summed E-state index contributed by atoms with van der Waals surface area (Å²) in [6.07, 6.45) is 6.51. The fourth-order valence-electron chi connectivity index (χ4n) is 4.06. The maximum absolute atomic E-state index is 13.3. The lowest BCUT2D eigenvalue weighted by atomic mass is 9.90. The van der Waals surface area contributed by atoms with E-state index >= 15 is 0 Å². The summed E-state index contributed by atoms with van der Waals surface area (Å²) in [6, 6.07) is 6.48. The zero-order valence-electron chi connectivity index (χ0n) is 13.8. The molecule has 1 aliphatic carbocycles. The van der Waals surface area contributed by atoms with Crippen LogP contribution in [0.15, 0.2) is 18.2 Å². The lowest BCUT2D eigenvalue weighted by molar-refractivity contribution is -0.137. The van der Waals surface area contributed by atoms with Gasteiger partial charge in [0.1, 0.15) is 13.2 Å². The van der Waals surface area contributed by atoms with Crippen LogP contribution in [0.3, 0.4) is 0 Å². The molecule has 1 amide bonds. The van der Waals surface area contributed by atoms with Crippen LogP contribution in [0.1, 0.15) is 51.0 Å². The molecule has 0 spiro atoms. The van der Waals surface area contributed by atoms with Crippen molar-refractivity contribution in [2.24, 2.45) is 0 Å². The van der Waals surface area contributed by atoms with Crippen molar-refractivity contribution in [1.29, 1.82) is 0 Å². The quantitative estimate of drug-likeness (QED) is 0.859. The van der Waals surface area contributed by atoms with Gasteiger partial charge in [-0.25, -0.2) is 0 Å². The Balaban J connectivity index is 1.61. The van der Waals surface area contributed by atoms with Gasteiger partial charge < -0.3 is 14.4 Å². The molecule has 1 saturated heterocycles. The minimum Gasteiger partial charge on any atom is -0.486 e. The number of nitrogens with zero attached hydrogens (tertiary/aromatic N) is 1. The summed E-state index contributed by atoms with van der Waals surface area (Å²) in [5.41, 5.74) is 0.799. The van der Waals surface area contributed by atoms with Crippen LogP contribution < -0.4 is 9.47 Å². The molecule has 1 saturated carbocycles. The lowest BCUT2D eigenvalue weighted by Crippen LogP contribution is -2.48. The minimum absolute atomic E-state index is 0.305. The Morgan fingerprint density at radius 1 is 1.22 bits per heavy atom. The van der Waals surface area contributed by atoms with Gasteiger partial charge in [0.25, 0.3) is 0 Å². The number of fused-ring (bicyclic) bond motifs is 1. The number of hydrogen-bond donors (Lipinski definition) is 0.